The number of rotatable bonds is 17. The number of carbonyl (C=O) groups is 1. The summed E-state index contributed by atoms with van der Waals surface area (Å²) in [6.07, 6.45) is 19.0. The van der Waals surface area contributed by atoms with Gasteiger partial charge >= 0.3 is 5.97 Å². The van der Waals surface area contributed by atoms with E-state index in [1.54, 1.807) is 0 Å². The van der Waals surface area contributed by atoms with E-state index in [1.165, 1.54) is 77.0 Å². The lowest BCUT2D eigenvalue weighted by molar-refractivity contribution is -0.151. The van der Waals surface area contributed by atoms with E-state index in [9.17, 15) is 4.79 Å². The average molecular weight is 341 g/mol. The average Bonchev–Trinajstić information content (AvgIpc) is 2.56. The zero-order valence-electron chi connectivity index (χ0n) is 17.1. The Kier molecular flexibility index (Phi) is 16.9. The summed E-state index contributed by atoms with van der Waals surface area (Å²) in [6.45, 7) is 8.60. The lowest BCUT2D eigenvalue weighted by Gasteiger charge is -2.19. The topological polar surface area (TPSA) is 26.3 Å². The first kappa shape index (κ1) is 23.5. The fourth-order valence-corrected chi connectivity index (χ4v) is 3.21. The Labute approximate surface area is 152 Å². The SMILES string of the molecule is CCCCCCCCCCCCCCCC(=O)OC(CC)C(C)C. The van der Waals surface area contributed by atoms with Crippen molar-refractivity contribution in [2.45, 2.75) is 130 Å². The summed E-state index contributed by atoms with van der Waals surface area (Å²) in [7, 11) is 0. The van der Waals surface area contributed by atoms with Crippen LogP contribution in [0.2, 0.25) is 0 Å². The molecule has 0 aromatic heterocycles. The van der Waals surface area contributed by atoms with Gasteiger partial charge in [-0.2, -0.15) is 0 Å². The van der Waals surface area contributed by atoms with Gasteiger partial charge < -0.3 is 4.74 Å². The van der Waals surface area contributed by atoms with E-state index in [-0.39, 0.29) is 12.1 Å². The molecule has 0 fully saturated rings. The highest BCUT2D eigenvalue weighted by Gasteiger charge is 2.15. The Morgan fingerprint density at radius 3 is 1.50 bits per heavy atom. The minimum Gasteiger partial charge on any atom is -0.462 e. The van der Waals surface area contributed by atoms with Crippen LogP contribution in [0.4, 0.5) is 0 Å². The van der Waals surface area contributed by atoms with E-state index in [2.05, 4.69) is 27.7 Å². The Balaban J connectivity index is 3.29. The van der Waals surface area contributed by atoms with Crippen molar-refractivity contribution in [3.63, 3.8) is 0 Å². The smallest absolute Gasteiger partial charge is 0.306 e. The second-order valence-electron chi connectivity index (χ2n) is 7.67. The zero-order valence-corrected chi connectivity index (χ0v) is 17.1. The molecule has 0 aliphatic carbocycles. The molecular formula is C22H44O2. The maximum absolute atomic E-state index is 11.8. The zero-order chi connectivity index (χ0) is 18.0. The van der Waals surface area contributed by atoms with Crippen LogP contribution in [-0.4, -0.2) is 12.1 Å². The number of ether oxygens (including phenoxy) is 1. The molecule has 1 unspecified atom stereocenters. The van der Waals surface area contributed by atoms with Crippen molar-refractivity contribution in [2.24, 2.45) is 5.92 Å². The molecule has 0 N–H and O–H groups in total. The van der Waals surface area contributed by atoms with Gasteiger partial charge in [-0.05, 0) is 18.8 Å². The van der Waals surface area contributed by atoms with E-state index in [4.69, 9.17) is 4.74 Å². The summed E-state index contributed by atoms with van der Waals surface area (Å²) in [4.78, 5) is 11.8. The highest BCUT2D eigenvalue weighted by atomic mass is 16.5. The molecule has 2 heteroatoms. The van der Waals surface area contributed by atoms with Gasteiger partial charge in [-0.3, -0.25) is 4.79 Å². The molecule has 24 heavy (non-hydrogen) atoms. The molecule has 0 spiro atoms. The fraction of sp³-hybridized carbons (Fsp3) is 0.955. The molecule has 0 aliphatic heterocycles. The number of carbonyl (C=O) groups excluding carboxylic acids is 1. The number of hydrogen-bond acceptors (Lipinski definition) is 2. The van der Waals surface area contributed by atoms with Crippen LogP contribution < -0.4 is 0 Å². The van der Waals surface area contributed by atoms with Crippen molar-refractivity contribution in [2.75, 3.05) is 0 Å². The molecule has 0 aliphatic rings. The largest absolute Gasteiger partial charge is 0.462 e. The monoisotopic (exact) mass is 340 g/mol. The summed E-state index contributed by atoms with van der Waals surface area (Å²) >= 11 is 0. The number of hydrogen-bond donors (Lipinski definition) is 0. The number of esters is 1. The molecule has 0 bridgehead atoms. The van der Waals surface area contributed by atoms with E-state index in [0.29, 0.717) is 12.3 Å². The number of unbranched alkanes of at least 4 members (excludes halogenated alkanes) is 12. The predicted molar refractivity (Wildman–Crippen MR) is 105 cm³/mol. The van der Waals surface area contributed by atoms with Crippen LogP contribution in [0.1, 0.15) is 124 Å². The van der Waals surface area contributed by atoms with Gasteiger partial charge in [0.1, 0.15) is 6.10 Å². The van der Waals surface area contributed by atoms with Gasteiger partial charge in [0, 0.05) is 6.42 Å². The summed E-state index contributed by atoms with van der Waals surface area (Å²) in [5.74, 6) is 0.421. The Bertz CT molecular complexity index is 273. The molecule has 144 valence electrons. The Hall–Kier alpha value is -0.530. The van der Waals surface area contributed by atoms with E-state index in [0.717, 1.165) is 12.8 Å². The highest BCUT2D eigenvalue weighted by Crippen LogP contribution is 2.15. The van der Waals surface area contributed by atoms with Crippen LogP contribution in [0, 0.1) is 5.92 Å². The summed E-state index contributed by atoms with van der Waals surface area (Å²) in [5, 5.41) is 0. The quantitative estimate of drug-likeness (QED) is 0.203. The van der Waals surface area contributed by atoms with Crippen molar-refractivity contribution in [1.82, 2.24) is 0 Å². The lowest BCUT2D eigenvalue weighted by atomic mass is 10.0. The Morgan fingerprint density at radius 2 is 1.12 bits per heavy atom. The van der Waals surface area contributed by atoms with Crippen LogP contribution in [0.15, 0.2) is 0 Å². The predicted octanol–water partition coefficient (Wildman–Crippen LogP) is 7.45. The maximum Gasteiger partial charge on any atom is 0.306 e. The van der Waals surface area contributed by atoms with Gasteiger partial charge in [0.25, 0.3) is 0 Å². The molecular weight excluding hydrogens is 296 g/mol. The Morgan fingerprint density at radius 1 is 0.708 bits per heavy atom. The third-order valence-corrected chi connectivity index (χ3v) is 4.91. The maximum atomic E-state index is 11.8. The van der Waals surface area contributed by atoms with Gasteiger partial charge in [0.15, 0.2) is 0 Å². The molecule has 0 aromatic carbocycles. The molecule has 0 radical (unpaired) electrons. The molecule has 1 atom stereocenters. The van der Waals surface area contributed by atoms with Crippen LogP contribution in [0.5, 0.6) is 0 Å². The minimum atomic E-state index is -0.00127. The van der Waals surface area contributed by atoms with Gasteiger partial charge in [0.2, 0.25) is 0 Å². The van der Waals surface area contributed by atoms with Gasteiger partial charge in [-0.1, -0.05) is 105 Å². The normalized spacial score (nSPS) is 12.5. The van der Waals surface area contributed by atoms with Gasteiger partial charge in [0.05, 0.1) is 0 Å². The second kappa shape index (κ2) is 17.3. The molecule has 0 saturated heterocycles. The first-order valence-electron chi connectivity index (χ1n) is 10.8. The first-order chi connectivity index (χ1) is 11.6. The van der Waals surface area contributed by atoms with Gasteiger partial charge in [-0.15, -0.1) is 0 Å². The van der Waals surface area contributed by atoms with Crippen molar-refractivity contribution in [1.29, 1.82) is 0 Å². The lowest BCUT2D eigenvalue weighted by Crippen LogP contribution is -2.22. The van der Waals surface area contributed by atoms with Crippen molar-refractivity contribution >= 4 is 5.97 Å². The summed E-state index contributed by atoms with van der Waals surface area (Å²) in [6, 6.07) is 0. The standard InChI is InChI=1S/C22H44O2/c1-5-7-8-9-10-11-12-13-14-15-16-17-18-19-22(23)24-21(6-2)20(3)4/h20-21H,5-19H2,1-4H3. The molecule has 0 saturated carbocycles. The summed E-state index contributed by atoms with van der Waals surface area (Å²) in [5.41, 5.74) is 0. The molecule has 0 aromatic rings. The van der Waals surface area contributed by atoms with Crippen LogP contribution in [0.25, 0.3) is 0 Å². The van der Waals surface area contributed by atoms with Crippen LogP contribution in [0.3, 0.4) is 0 Å². The molecule has 0 amide bonds. The van der Waals surface area contributed by atoms with E-state index in [1.807, 2.05) is 0 Å². The second-order valence-corrected chi connectivity index (χ2v) is 7.67. The van der Waals surface area contributed by atoms with Crippen LogP contribution in [-0.2, 0) is 9.53 Å². The van der Waals surface area contributed by atoms with Crippen molar-refractivity contribution in [3.05, 3.63) is 0 Å². The van der Waals surface area contributed by atoms with Crippen LogP contribution >= 0.6 is 0 Å². The third kappa shape index (κ3) is 15.0. The molecule has 2 nitrogen and oxygen atoms in total. The van der Waals surface area contributed by atoms with E-state index >= 15 is 0 Å². The van der Waals surface area contributed by atoms with E-state index < -0.39 is 0 Å². The fourth-order valence-electron chi connectivity index (χ4n) is 3.21. The summed E-state index contributed by atoms with van der Waals surface area (Å²) < 4.78 is 5.53. The van der Waals surface area contributed by atoms with Crippen molar-refractivity contribution in [3.8, 4) is 0 Å². The minimum absolute atomic E-state index is 0.00127. The molecule has 0 heterocycles. The van der Waals surface area contributed by atoms with Gasteiger partial charge in [-0.25, -0.2) is 0 Å². The van der Waals surface area contributed by atoms with Crippen molar-refractivity contribution < 1.29 is 9.53 Å². The highest BCUT2D eigenvalue weighted by molar-refractivity contribution is 5.69. The molecule has 0 rings (SSSR count). The third-order valence-electron chi connectivity index (χ3n) is 4.91. The first-order valence-corrected chi connectivity index (χ1v) is 10.8.